The van der Waals surface area contributed by atoms with Crippen LogP contribution in [-0.4, -0.2) is 10.5 Å². The van der Waals surface area contributed by atoms with Gasteiger partial charge in [0.15, 0.2) is 0 Å². The summed E-state index contributed by atoms with van der Waals surface area (Å²) < 4.78 is 1.76. The van der Waals surface area contributed by atoms with Gasteiger partial charge in [-0.05, 0) is 23.6 Å². The molecule has 1 aromatic heterocycles. The average Bonchev–Trinajstić information content (AvgIpc) is 2.61. The topological polar surface area (TPSA) is 48.0 Å². The molecule has 0 fully saturated rings. The van der Waals surface area contributed by atoms with E-state index in [1.165, 1.54) is 5.56 Å². The molecule has 0 saturated carbocycles. The summed E-state index contributed by atoms with van der Waals surface area (Å²) in [4.78, 5) is 11.1. The number of nitrogens with zero attached hydrogens (tertiary/aromatic N) is 1. The molecule has 16 heavy (non-hydrogen) atoms. The van der Waals surface area contributed by atoms with Crippen LogP contribution in [0, 0.1) is 0 Å². The van der Waals surface area contributed by atoms with Crippen LogP contribution < -0.4 is 5.73 Å². The third kappa shape index (κ3) is 2.14. The Labute approximate surface area is 94.5 Å². The van der Waals surface area contributed by atoms with Crippen molar-refractivity contribution in [2.45, 2.75) is 6.42 Å². The Morgan fingerprint density at radius 3 is 2.50 bits per heavy atom. The van der Waals surface area contributed by atoms with Crippen LogP contribution in [0.2, 0.25) is 0 Å². The Hall–Kier alpha value is -2.03. The fourth-order valence-corrected chi connectivity index (χ4v) is 1.81. The molecule has 0 radical (unpaired) electrons. The SMILES string of the molecule is Cn1cc(Cc2ccccc2)cc1C(N)=O. The number of carbonyl (C=O) groups is 1. The molecule has 0 bridgehead atoms. The van der Waals surface area contributed by atoms with E-state index in [9.17, 15) is 4.79 Å². The molecule has 1 amide bonds. The minimum atomic E-state index is -0.387. The normalized spacial score (nSPS) is 10.3. The van der Waals surface area contributed by atoms with Gasteiger partial charge in [0, 0.05) is 13.2 Å². The van der Waals surface area contributed by atoms with E-state index in [0.29, 0.717) is 5.69 Å². The molecule has 0 saturated heterocycles. The molecule has 0 atom stereocenters. The first-order valence-corrected chi connectivity index (χ1v) is 5.16. The van der Waals surface area contributed by atoms with Gasteiger partial charge in [-0.15, -0.1) is 0 Å². The summed E-state index contributed by atoms with van der Waals surface area (Å²) in [5, 5.41) is 0. The van der Waals surface area contributed by atoms with Gasteiger partial charge in [-0.1, -0.05) is 30.3 Å². The minimum Gasteiger partial charge on any atom is -0.364 e. The van der Waals surface area contributed by atoms with Gasteiger partial charge in [0.1, 0.15) is 5.69 Å². The number of nitrogens with two attached hydrogens (primary N) is 1. The van der Waals surface area contributed by atoms with Crippen molar-refractivity contribution in [2.24, 2.45) is 12.8 Å². The van der Waals surface area contributed by atoms with Crippen molar-refractivity contribution in [3.8, 4) is 0 Å². The Balaban J connectivity index is 2.23. The number of aryl methyl sites for hydroxylation is 1. The lowest BCUT2D eigenvalue weighted by Gasteiger charge is -1.97. The second-order valence-corrected chi connectivity index (χ2v) is 3.87. The zero-order chi connectivity index (χ0) is 11.5. The second kappa shape index (κ2) is 4.23. The summed E-state index contributed by atoms with van der Waals surface area (Å²) in [5.74, 6) is -0.387. The highest BCUT2D eigenvalue weighted by Gasteiger charge is 2.08. The van der Waals surface area contributed by atoms with Crippen LogP contribution >= 0.6 is 0 Å². The van der Waals surface area contributed by atoms with E-state index in [0.717, 1.165) is 12.0 Å². The van der Waals surface area contributed by atoms with Gasteiger partial charge in [-0.3, -0.25) is 4.79 Å². The van der Waals surface area contributed by atoms with Gasteiger partial charge >= 0.3 is 0 Å². The van der Waals surface area contributed by atoms with Crippen LogP contribution in [-0.2, 0) is 13.5 Å². The van der Waals surface area contributed by atoms with Gasteiger partial charge in [0.2, 0.25) is 0 Å². The fraction of sp³-hybridized carbons (Fsp3) is 0.154. The maximum atomic E-state index is 11.1. The fourth-order valence-electron chi connectivity index (χ4n) is 1.81. The lowest BCUT2D eigenvalue weighted by Crippen LogP contribution is -2.14. The van der Waals surface area contributed by atoms with Gasteiger partial charge in [-0.25, -0.2) is 0 Å². The number of amides is 1. The van der Waals surface area contributed by atoms with Crippen molar-refractivity contribution < 1.29 is 4.79 Å². The van der Waals surface area contributed by atoms with Crippen LogP contribution in [0.1, 0.15) is 21.6 Å². The summed E-state index contributed by atoms with van der Waals surface area (Å²) in [6.45, 7) is 0. The third-order valence-corrected chi connectivity index (χ3v) is 2.57. The van der Waals surface area contributed by atoms with Gasteiger partial charge < -0.3 is 10.3 Å². The van der Waals surface area contributed by atoms with Gasteiger partial charge in [0.05, 0.1) is 0 Å². The Kier molecular flexibility index (Phi) is 2.77. The van der Waals surface area contributed by atoms with Crippen molar-refractivity contribution in [3.63, 3.8) is 0 Å². The van der Waals surface area contributed by atoms with Crippen molar-refractivity contribution in [1.82, 2.24) is 4.57 Å². The van der Waals surface area contributed by atoms with Crippen molar-refractivity contribution in [2.75, 3.05) is 0 Å². The van der Waals surface area contributed by atoms with E-state index in [1.807, 2.05) is 37.5 Å². The molecule has 0 spiro atoms. The maximum absolute atomic E-state index is 11.1. The Bertz CT molecular complexity index is 500. The van der Waals surface area contributed by atoms with E-state index < -0.39 is 0 Å². The molecule has 2 aromatic rings. The standard InChI is InChI=1S/C13H14N2O/c1-15-9-11(8-12(15)13(14)16)7-10-5-3-2-4-6-10/h2-6,8-9H,7H2,1H3,(H2,14,16). The third-order valence-electron chi connectivity index (χ3n) is 2.57. The smallest absolute Gasteiger partial charge is 0.265 e. The van der Waals surface area contributed by atoms with Crippen LogP contribution in [0.3, 0.4) is 0 Å². The van der Waals surface area contributed by atoms with Crippen molar-refractivity contribution in [3.05, 3.63) is 59.4 Å². The van der Waals surface area contributed by atoms with E-state index in [-0.39, 0.29) is 5.91 Å². The predicted octanol–water partition coefficient (Wildman–Crippen LogP) is 1.71. The zero-order valence-corrected chi connectivity index (χ0v) is 9.18. The molecule has 3 nitrogen and oxygen atoms in total. The van der Waals surface area contributed by atoms with Crippen LogP contribution in [0.15, 0.2) is 42.6 Å². The van der Waals surface area contributed by atoms with E-state index in [4.69, 9.17) is 5.73 Å². The number of aromatic nitrogens is 1. The average molecular weight is 214 g/mol. The number of benzene rings is 1. The molecular formula is C13H14N2O. The molecular weight excluding hydrogens is 200 g/mol. The largest absolute Gasteiger partial charge is 0.364 e. The van der Waals surface area contributed by atoms with E-state index in [2.05, 4.69) is 12.1 Å². The lowest BCUT2D eigenvalue weighted by atomic mass is 10.1. The van der Waals surface area contributed by atoms with Crippen LogP contribution in [0.4, 0.5) is 0 Å². The molecule has 0 aliphatic rings. The predicted molar refractivity (Wildman–Crippen MR) is 63.2 cm³/mol. The first kappa shape index (κ1) is 10.5. The molecule has 0 unspecified atom stereocenters. The summed E-state index contributed by atoms with van der Waals surface area (Å²) >= 11 is 0. The van der Waals surface area contributed by atoms with Crippen LogP contribution in [0.5, 0.6) is 0 Å². The first-order valence-electron chi connectivity index (χ1n) is 5.16. The second-order valence-electron chi connectivity index (χ2n) is 3.87. The summed E-state index contributed by atoms with van der Waals surface area (Å²) in [5.41, 5.74) is 8.13. The molecule has 82 valence electrons. The molecule has 2 N–H and O–H groups in total. The molecule has 3 heteroatoms. The monoisotopic (exact) mass is 214 g/mol. The summed E-state index contributed by atoms with van der Waals surface area (Å²) in [6, 6.07) is 12.0. The number of primary amides is 1. The quantitative estimate of drug-likeness (QED) is 0.830. The molecule has 2 rings (SSSR count). The minimum absolute atomic E-state index is 0.387. The summed E-state index contributed by atoms with van der Waals surface area (Å²) in [7, 11) is 1.83. The molecule has 1 heterocycles. The molecule has 0 aliphatic heterocycles. The summed E-state index contributed by atoms with van der Waals surface area (Å²) in [6.07, 6.45) is 2.76. The van der Waals surface area contributed by atoms with Crippen molar-refractivity contribution in [1.29, 1.82) is 0 Å². The number of hydrogen-bond donors (Lipinski definition) is 1. The van der Waals surface area contributed by atoms with Crippen LogP contribution in [0.25, 0.3) is 0 Å². The highest BCUT2D eigenvalue weighted by molar-refractivity contribution is 5.91. The maximum Gasteiger partial charge on any atom is 0.265 e. The molecule has 1 aromatic carbocycles. The Morgan fingerprint density at radius 2 is 1.94 bits per heavy atom. The molecule has 0 aliphatic carbocycles. The van der Waals surface area contributed by atoms with Gasteiger partial charge in [-0.2, -0.15) is 0 Å². The van der Waals surface area contributed by atoms with Gasteiger partial charge in [0.25, 0.3) is 5.91 Å². The number of rotatable bonds is 3. The lowest BCUT2D eigenvalue weighted by molar-refractivity contribution is 0.0992. The van der Waals surface area contributed by atoms with E-state index in [1.54, 1.807) is 4.57 Å². The number of hydrogen-bond acceptors (Lipinski definition) is 1. The zero-order valence-electron chi connectivity index (χ0n) is 9.18. The highest BCUT2D eigenvalue weighted by atomic mass is 16.1. The Morgan fingerprint density at radius 1 is 1.25 bits per heavy atom. The van der Waals surface area contributed by atoms with E-state index >= 15 is 0 Å². The first-order chi connectivity index (χ1) is 7.66. The highest BCUT2D eigenvalue weighted by Crippen LogP contribution is 2.12. The number of carbonyl (C=O) groups excluding carboxylic acids is 1. The van der Waals surface area contributed by atoms with Crippen molar-refractivity contribution >= 4 is 5.91 Å².